The smallest absolute Gasteiger partial charge is 0.282 e. The number of halogens is 1. The van der Waals surface area contributed by atoms with Gasteiger partial charge in [-0.05, 0) is 12.1 Å². The van der Waals surface area contributed by atoms with Gasteiger partial charge in [-0.15, -0.1) is 0 Å². The van der Waals surface area contributed by atoms with Crippen LogP contribution in [-0.2, 0) is 0 Å². The molecule has 0 spiro atoms. The van der Waals surface area contributed by atoms with Crippen molar-refractivity contribution in [1.29, 1.82) is 0 Å². The second-order valence-electron chi connectivity index (χ2n) is 4.15. The summed E-state index contributed by atoms with van der Waals surface area (Å²) in [6, 6.07) is 2.89. The number of hydrogen-bond donors (Lipinski definition) is 1. The minimum absolute atomic E-state index is 0.000344. The summed E-state index contributed by atoms with van der Waals surface area (Å²) in [5.41, 5.74) is -0.588. The zero-order valence-corrected chi connectivity index (χ0v) is 9.72. The van der Waals surface area contributed by atoms with Crippen LogP contribution in [0.15, 0.2) is 18.2 Å². The summed E-state index contributed by atoms with van der Waals surface area (Å²) in [7, 11) is 1.56. The van der Waals surface area contributed by atoms with Crippen LogP contribution in [-0.4, -0.2) is 41.9 Å². The first-order chi connectivity index (χ1) is 8.50. The van der Waals surface area contributed by atoms with Gasteiger partial charge in [0.2, 0.25) is 0 Å². The molecular weight excluding hydrogens is 241 g/mol. The van der Waals surface area contributed by atoms with Gasteiger partial charge in [0.25, 0.3) is 11.6 Å². The summed E-state index contributed by atoms with van der Waals surface area (Å²) < 4.78 is 13.1. The van der Waals surface area contributed by atoms with Gasteiger partial charge in [0, 0.05) is 26.2 Å². The predicted molar refractivity (Wildman–Crippen MR) is 61.8 cm³/mol. The summed E-state index contributed by atoms with van der Waals surface area (Å²) in [5.74, 6) is -1.20. The Morgan fingerprint density at radius 3 is 2.72 bits per heavy atom. The average Bonchev–Trinajstić information content (AvgIpc) is 2.25. The van der Waals surface area contributed by atoms with Crippen LogP contribution >= 0.6 is 0 Å². The van der Waals surface area contributed by atoms with Gasteiger partial charge in [-0.25, -0.2) is 4.39 Å². The highest BCUT2D eigenvalue weighted by atomic mass is 19.1. The lowest BCUT2D eigenvalue weighted by Gasteiger charge is -2.35. The lowest BCUT2D eigenvalue weighted by atomic mass is 10.1. The molecule has 0 aliphatic carbocycles. The van der Waals surface area contributed by atoms with E-state index in [0.29, 0.717) is 13.1 Å². The van der Waals surface area contributed by atoms with Crippen LogP contribution in [0.3, 0.4) is 0 Å². The Morgan fingerprint density at radius 2 is 2.22 bits per heavy atom. The Balaban J connectivity index is 2.33. The minimum Gasteiger partial charge on any atom is -0.336 e. The predicted octanol–water partition coefficient (Wildman–Crippen LogP) is 0.778. The third-order valence-electron chi connectivity index (χ3n) is 3.01. The largest absolute Gasteiger partial charge is 0.336 e. The maximum absolute atomic E-state index is 13.1. The molecule has 0 atom stereocenters. The molecule has 1 aliphatic heterocycles. The normalized spacial score (nSPS) is 15.0. The third-order valence-corrected chi connectivity index (χ3v) is 3.01. The van der Waals surface area contributed by atoms with Crippen molar-refractivity contribution >= 4 is 11.6 Å². The second kappa shape index (κ2) is 4.69. The highest BCUT2D eigenvalue weighted by Gasteiger charge is 2.30. The van der Waals surface area contributed by atoms with Crippen LogP contribution in [0, 0.1) is 15.9 Å². The molecule has 0 bridgehead atoms. The van der Waals surface area contributed by atoms with E-state index in [0.717, 1.165) is 18.2 Å². The Bertz CT molecular complexity index is 502. The van der Waals surface area contributed by atoms with Crippen LogP contribution in [0.5, 0.6) is 0 Å². The number of benzene rings is 1. The Morgan fingerprint density at radius 1 is 1.56 bits per heavy atom. The quantitative estimate of drug-likeness (QED) is 0.638. The second-order valence-corrected chi connectivity index (χ2v) is 4.15. The molecule has 1 N–H and O–H groups in total. The van der Waals surface area contributed by atoms with Crippen molar-refractivity contribution in [3.05, 3.63) is 39.7 Å². The molecule has 1 fully saturated rings. The molecule has 1 aromatic carbocycles. The Hall–Kier alpha value is -2.02. The molecule has 96 valence electrons. The fourth-order valence-corrected chi connectivity index (χ4v) is 1.74. The molecule has 1 aromatic rings. The number of amides is 1. The Labute approximate surface area is 103 Å². The van der Waals surface area contributed by atoms with Gasteiger partial charge in [0.15, 0.2) is 0 Å². The van der Waals surface area contributed by atoms with Gasteiger partial charge in [0.05, 0.1) is 11.0 Å². The van der Waals surface area contributed by atoms with Crippen LogP contribution in [0.1, 0.15) is 10.4 Å². The van der Waals surface area contributed by atoms with E-state index >= 15 is 0 Å². The molecule has 7 heteroatoms. The van der Waals surface area contributed by atoms with Crippen molar-refractivity contribution in [2.45, 2.75) is 6.04 Å². The van der Waals surface area contributed by atoms with Crippen molar-refractivity contribution in [3.8, 4) is 0 Å². The highest BCUT2D eigenvalue weighted by molar-refractivity contribution is 5.98. The third kappa shape index (κ3) is 2.17. The number of rotatable bonds is 3. The Kier molecular flexibility index (Phi) is 3.24. The number of likely N-dealkylation sites (N-methyl/N-ethyl adjacent to an activating group) is 1. The number of hydrogen-bond acceptors (Lipinski definition) is 4. The van der Waals surface area contributed by atoms with Gasteiger partial charge >= 0.3 is 0 Å². The van der Waals surface area contributed by atoms with Crippen LogP contribution in [0.2, 0.25) is 0 Å². The first-order valence-electron chi connectivity index (χ1n) is 5.42. The lowest BCUT2D eigenvalue weighted by Crippen LogP contribution is -2.57. The zero-order valence-electron chi connectivity index (χ0n) is 9.72. The maximum Gasteiger partial charge on any atom is 0.282 e. The number of carbonyl (C=O) groups is 1. The highest BCUT2D eigenvalue weighted by Crippen LogP contribution is 2.22. The van der Waals surface area contributed by atoms with Crippen molar-refractivity contribution < 1.29 is 14.1 Å². The zero-order chi connectivity index (χ0) is 13.3. The van der Waals surface area contributed by atoms with E-state index in [1.807, 2.05) is 0 Å². The molecule has 1 aliphatic rings. The lowest BCUT2D eigenvalue weighted by molar-refractivity contribution is -0.385. The summed E-state index contributed by atoms with van der Waals surface area (Å²) in [6.45, 7) is 1.29. The summed E-state index contributed by atoms with van der Waals surface area (Å²) in [4.78, 5) is 23.6. The van der Waals surface area contributed by atoms with E-state index in [9.17, 15) is 19.3 Å². The van der Waals surface area contributed by atoms with Crippen molar-refractivity contribution in [2.24, 2.45) is 0 Å². The number of carbonyl (C=O) groups excluding carboxylic acids is 1. The monoisotopic (exact) mass is 253 g/mol. The van der Waals surface area contributed by atoms with Crippen LogP contribution in [0.25, 0.3) is 0 Å². The molecule has 0 unspecified atom stereocenters. The topological polar surface area (TPSA) is 75.5 Å². The van der Waals surface area contributed by atoms with Gasteiger partial charge in [-0.3, -0.25) is 14.9 Å². The van der Waals surface area contributed by atoms with E-state index < -0.39 is 16.6 Å². The van der Waals surface area contributed by atoms with Gasteiger partial charge < -0.3 is 10.2 Å². The van der Waals surface area contributed by atoms with Crippen molar-refractivity contribution in [1.82, 2.24) is 10.2 Å². The molecule has 18 heavy (non-hydrogen) atoms. The van der Waals surface area contributed by atoms with Gasteiger partial charge in [-0.1, -0.05) is 0 Å². The number of nitrogens with one attached hydrogen (secondary N) is 1. The summed E-state index contributed by atoms with van der Waals surface area (Å²) in [5, 5.41) is 13.8. The summed E-state index contributed by atoms with van der Waals surface area (Å²) in [6.07, 6.45) is 0. The molecular formula is C11H12FN3O3. The van der Waals surface area contributed by atoms with E-state index in [-0.39, 0.29) is 17.3 Å². The van der Waals surface area contributed by atoms with Crippen molar-refractivity contribution in [2.75, 3.05) is 20.1 Å². The van der Waals surface area contributed by atoms with Gasteiger partial charge in [-0.2, -0.15) is 0 Å². The summed E-state index contributed by atoms with van der Waals surface area (Å²) >= 11 is 0. The average molecular weight is 253 g/mol. The van der Waals surface area contributed by atoms with E-state index in [2.05, 4.69) is 5.32 Å². The van der Waals surface area contributed by atoms with Crippen molar-refractivity contribution in [3.63, 3.8) is 0 Å². The fourth-order valence-electron chi connectivity index (χ4n) is 1.74. The minimum atomic E-state index is -0.681. The molecule has 2 rings (SSSR count). The molecule has 0 saturated carbocycles. The number of nitro benzene ring substituents is 1. The fraction of sp³-hybridized carbons (Fsp3) is 0.364. The molecule has 6 nitrogen and oxygen atoms in total. The van der Waals surface area contributed by atoms with Crippen LogP contribution in [0.4, 0.5) is 10.1 Å². The van der Waals surface area contributed by atoms with E-state index in [1.165, 1.54) is 4.90 Å². The van der Waals surface area contributed by atoms with E-state index in [4.69, 9.17) is 0 Å². The van der Waals surface area contributed by atoms with Crippen LogP contribution < -0.4 is 5.32 Å². The first kappa shape index (κ1) is 12.4. The standard InChI is InChI=1S/C11H12FN3O3/c1-14(8-5-13-6-8)11(16)9-4-7(12)2-3-10(9)15(17)18/h2-4,8,13H,5-6H2,1H3. The van der Waals surface area contributed by atoms with E-state index in [1.54, 1.807) is 7.05 Å². The maximum atomic E-state index is 13.1. The molecule has 1 amide bonds. The molecule has 1 heterocycles. The number of nitro groups is 1. The molecule has 0 aromatic heterocycles. The molecule has 0 radical (unpaired) electrons. The number of nitrogens with zero attached hydrogens (tertiary/aromatic N) is 2. The SMILES string of the molecule is CN(C(=O)c1cc(F)ccc1[N+](=O)[O-])C1CNC1. The first-order valence-corrected chi connectivity index (χ1v) is 5.42. The molecule has 1 saturated heterocycles. The van der Waals surface area contributed by atoms with Gasteiger partial charge in [0.1, 0.15) is 11.4 Å².